The van der Waals surface area contributed by atoms with Crippen LogP contribution in [0.1, 0.15) is 32.8 Å². The van der Waals surface area contributed by atoms with Gasteiger partial charge in [0.05, 0.1) is 12.1 Å². The lowest BCUT2D eigenvalue weighted by Crippen LogP contribution is -2.46. The predicted octanol–water partition coefficient (Wildman–Crippen LogP) is 1.88. The van der Waals surface area contributed by atoms with Crippen molar-refractivity contribution in [1.82, 2.24) is 0 Å². The summed E-state index contributed by atoms with van der Waals surface area (Å²) in [5.74, 6) is 0. The minimum atomic E-state index is -0.428. The van der Waals surface area contributed by atoms with E-state index in [9.17, 15) is 5.11 Å². The Kier molecular flexibility index (Phi) is 3.39. The fraction of sp³-hybridized carbons (Fsp3) is 0.600. The lowest BCUT2D eigenvalue weighted by atomic mass is 9.87. The summed E-state index contributed by atoms with van der Waals surface area (Å²) in [6.45, 7) is 8.37. The molecule has 18 heavy (non-hydrogen) atoms. The number of rotatable bonds is 2. The molecule has 1 aromatic carbocycles. The first-order valence-corrected chi connectivity index (χ1v) is 6.59. The van der Waals surface area contributed by atoms with Gasteiger partial charge in [-0.2, -0.15) is 0 Å². The van der Waals surface area contributed by atoms with Gasteiger partial charge in [0.25, 0.3) is 0 Å². The second-order valence-corrected chi connectivity index (χ2v) is 6.49. The number of benzene rings is 1. The highest BCUT2D eigenvalue weighted by Crippen LogP contribution is 2.28. The van der Waals surface area contributed by atoms with Crippen molar-refractivity contribution < 1.29 is 5.11 Å². The molecule has 1 unspecified atom stereocenters. The molecule has 3 nitrogen and oxygen atoms in total. The van der Waals surface area contributed by atoms with Crippen LogP contribution in [0.4, 0.5) is 5.69 Å². The molecule has 1 atom stereocenters. The van der Waals surface area contributed by atoms with Gasteiger partial charge in [-0.15, -0.1) is 0 Å². The summed E-state index contributed by atoms with van der Waals surface area (Å²) in [6, 6.07) is 8.68. The minimum absolute atomic E-state index is 0.0591. The minimum Gasteiger partial charge on any atom is -0.394 e. The first-order chi connectivity index (χ1) is 8.34. The molecule has 2 rings (SSSR count). The van der Waals surface area contributed by atoms with Crippen molar-refractivity contribution in [3.05, 3.63) is 29.8 Å². The SMILES string of the molecule is CC(C)(C)c1ccc(N2CCC(N)(CO)C2)cc1. The number of aliphatic hydroxyl groups is 1. The van der Waals surface area contributed by atoms with Crippen LogP contribution in [0.2, 0.25) is 0 Å². The van der Waals surface area contributed by atoms with Gasteiger partial charge in [0, 0.05) is 18.8 Å². The van der Waals surface area contributed by atoms with Crippen LogP contribution in [0, 0.1) is 0 Å². The molecule has 1 aliphatic rings. The Hall–Kier alpha value is -1.06. The monoisotopic (exact) mass is 248 g/mol. The summed E-state index contributed by atoms with van der Waals surface area (Å²) in [6.07, 6.45) is 0.852. The molecule has 0 saturated carbocycles. The van der Waals surface area contributed by atoms with Gasteiger partial charge in [0.15, 0.2) is 0 Å². The molecule has 0 amide bonds. The maximum atomic E-state index is 9.29. The van der Waals surface area contributed by atoms with Crippen LogP contribution in [0.5, 0.6) is 0 Å². The standard InChI is InChI=1S/C15H24N2O/c1-14(2,3)12-4-6-13(7-5-12)17-9-8-15(16,10-17)11-18/h4-7,18H,8-11,16H2,1-3H3. The number of hydrogen-bond acceptors (Lipinski definition) is 3. The third-order valence-electron chi connectivity index (χ3n) is 3.80. The number of aliphatic hydroxyl groups excluding tert-OH is 1. The van der Waals surface area contributed by atoms with Crippen LogP contribution in [0.15, 0.2) is 24.3 Å². The molecule has 1 aliphatic heterocycles. The summed E-state index contributed by atoms with van der Waals surface area (Å²) < 4.78 is 0. The topological polar surface area (TPSA) is 49.5 Å². The molecule has 1 fully saturated rings. The van der Waals surface area contributed by atoms with Gasteiger partial charge in [-0.25, -0.2) is 0 Å². The number of hydrogen-bond donors (Lipinski definition) is 2. The molecular weight excluding hydrogens is 224 g/mol. The third-order valence-corrected chi connectivity index (χ3v) is 3.80. The maximum absolute atomic E-state index is 9.29. The number of anilines is 1. The molecule has 3 heteroatoms. The Morgan fingerprint density at radius 2 is 1.89 bits per heavy atom. The highest BCUT2D eigenvalue weighted by atomic mass is 16.3. The number of nitrogens with two attached hydrogens (primary N) is 1. The molecule has 1 heterocycles. The smallest absolute Gasteiger partial charge is 0.0629 e. The van der Waals surface area contributed by atoms with Crippen LogP contribution < -0.4 is 10.6 Å². The van der Waals surface area contributed by atoms with E-state index in [1.165, 1.54) is 11.3 Å². The highest BCUT2D eigenvalue weighted by Gasteiger charge is 2.33. The van der Waals surface area contributed by atoms with Crippen molar-refractivity contribution in [1.29, 1.82) is 0 Å². The molecule has 1 saturated heterocycles. The maximum Gasteiger partial charge on any atom is 0.0629 e. The Morgan fingerprint density at radius 1 is 1.28 bits per heavy atom. The van der Waals surface area contributed by atoms with E-state index in [4.69, 9.17) is 5.73 Å². The van der Waals surface area contributed by atoms with Gasteiger partial charge in [-0.1, -0.05) is 32.9 Å². The normalized spacial score (nSPS) is 24.6. The first kappa shape index (κ1) is 13.4. The van der Waals surface area contributed by atoms with Crippen LogP contribution in [0.25, 0.3) is 0 Å². The molecule has 3 N–H and O–H groups in total. The van der Waals surface area contributed by atoms with Gasteiger partial charge in [-0.3, -0.25) is 0 Å². The van der Waals surface area contributed by atoms with E-state index in [1.807, 2.05) is 0 Å². The van der Waals surface area contributed by atoms with Crippen molar-refractivity contribution in [2.75, 3.05) is 24.6 Å². The Labute approximate surface area is 110 Å². The zero-order valence-corrected chi connectivity index (χ0v) is 11.6. The van der Waals surface area contributed by atoms with Crippen molar-refractivity contribution >= 4 is 5.69 Å². The Morgan fingerprint density at radius 3 is 2.33 bits per heavy atom. The van der Waals surface area contributed by atoms with Gasteiger partial charge < -0.3 is 15.7 Å². The van der Waals surface area contributed by atoms with Crippen LogP contribution in [-0.2, 0) is 5.41 Å². The molecular formula is C15H24N2O. The highest BCUT2D eigenvalue weighted by molar-refractivity contribution is 5.50. The molecule has 0 aliphatic carbocycles. The van der Waals surface area contributed by atoms with E-state index >= 15 is 0 Å². The quantitative estimate of drug-likeness (QED) is 0.840. The zero-order valence-electron chi connectivity index (χ0n) is 11.6. The van der Waals surface area contributed by atoms with Crippen molar-refractivity contribution in [2.24, 2.45) is 5.73 Å². The summed E-state index contributed by atoms with van der Waals surface area (Å²) in [4.78, 5) is 2.25. The van der Waals surface area contributed by atoms with Crippen molar-refractivity contribution in [3.8, 4) is 0 Å². The van der Waals surface area contributed by atoms with E-state index < -0.39 is 5.54 Å². The predicted molar refractivity (Wildman–Crippen MR) is 76.0 cm³/mol. The van der Waals surface area contributed by atoms with Crippen LogP contribution in [-0.4, -0.2) is 30.3 Å². The lowest BCUT2D eigenvalue weighted by Gasteiger charge is -2.24. The average Bonchev–Trinajstić information content (AvgIpc) is 2.72. The van der Waals surface area contributed by atoms with Gasteiger partial charge in [-0.05, 0) is 29.5 Å². The summed E-state index contributed by atoms with van der Waals surface area (Å²) in [5.41, 5.74) is 8.39. The zero-order chi connectivity index (χ0) is 13.4. The van der Waals surface area contributed by atoms with E-state index in [0.717, 1.165) is 19.5 Å². The Balaban J connectivity index is 2.12. The van der Waals surface area contributed by atoms with Gasteiger partial charge in [0.2, 0.25) is 0 Å². The fourth-order valence-corrected chi connectivity index (χ4v) is 2.42. The Bertz CT molecular complexity index is 407. The van der Waals surface area contributed by atoms with Crippen LogP contribution in [0.3, 0.4) is 0 Å². The van der Waals surface area contributed by atoms with Crippen molar-refractivity contribution in [3.63, 3.8) is 0 Å². The van der Waals surface area contributed by atoms with Crippen LogP contribution >= 0.6 is 0 Å². The molecule has 1 aromatic rings. The summed E-state index contributed by atoms with van der Waals surface area (Å²) in [7, 11) is 0. The summed E-state index contributed by atoms with van der Waals surface area (Å²) in [5, 5.41) is 9.29. The molecule has 0 aromatic heterocycles. The van der Waals surface area contributed by atoms with E-state index in [-0.39, 0.29) is 12.0 Å². The largest absolute Gasteiger partial charge is 0.394 e. The average molecular weight is 248 g/mol. The van der Waals surface area contributed by atoms with Gasteiger partial charge in [0.1, 0.15) is 0 Å². The second-order valence-electron chi connectivity index (χ2n) is 6.49. The van der Waals surface area contributed by atoms with E-state index in [2.05, 4.69) is 49.9 Å². The third kappa shape index (κ3) is 2.68. The number of nitrogens with zero attached hydrogens (tertiary/aromatic N) is 1. The molecule has 0 spiro atoms. The lowest BCUT2D eigenvalue weighted by molar-refractivity contribution is 0.210. The molecule has 0 radical (unpaired) electrons. The van der Waals surface area contributed by atoms with E-state index in [0.29, 0.717) is 0 Å². The van der Waals surface area contributed by atoms with Crippen molar-refractivity contribution in [2.45, 2.75) is 38.1 Å². The molecule has 0 bridgehead atoms. The summed E-state index contributed by atoms with van der Waals surface area (Å²) >= 11 is 0. The fourth-order valence-electron chi connectivity index (χ4n) is 2.42. The first-order valence-electron chi connectivity index (χ1n) is 6.59. The van der Waals surface area contributed by atoms with E-state index in [1.54, 1.807) is 0 Å². The molecule has 100 valence electrons. The van der Waals surface area contributed by atoms with Gasteiger partial charge >= 0.3 is 0 Å². The second kappa shape index (κ2) is 4.56.